The molecule has 2 aromatic carbocycles. The minimum atomic E-state index is -4.79. The number of aromatic nitrogens is 2. The lowest BCUT2D eigenvalue weighted by molar-refractivity contribution is -0.159. The van der Waals surface area contributed by atoms with Crippen LogP contribution in [0.2, 0.25) is 0 Å². The van der Waals surface area contributed by atoms with Crippen molar-refractivity contribution in [3.63, 3.8) is 0 Å². The molecule has 0 fully saturated rings. The van der Waals surface area contributed by atoms with Gasteiger partial charge in [0.15, 0.2) is 0 Å². The molecular formula is C15H10F4N4O3. The lowest BCUT2D eigenvalue weighted by Crippen LogP contribution is -2.36. The third-order valence-corrected chi connectivity index (χ3v) is 3.60. The minimum Gasteiger partial charge on any atom is -0.383 e. The van der Waals surface area contributed by atoms with E-state index in [1.54, 1.807) is 0 Å². The van der Waals surface area contributed by atoms with Crippen molar-refractivity contribution in [2.24, 2.45) is 0 Å². The highest BCUT2D eigenvalue weighted by Gasteiger charge is 2.38. The van der Waals surface area contributed by atoms with Gasteiger partial charge < -0.3 is 15.2 Å². The molecule has 0 bridgehead atoms. The van der Waals surface area contributed by atoms with Gasteiger partial charge in [-0.15, -0.1) is 0 Å². The van der Waals surface area contributed by atoms with Gasteiger partial charge in [0.05, 0.1) is 0 Å². The largest absolute Gasteiger partial charge is 0.471 e. The van der Waals surface area contributed by atoms with Gasteiger partial charge in [-0.25, -0.2) is 4.39 Å². The number of alkyl halides is 3. The van der Waals surface area contributed by atoms with Crippen LogP contribution in [-0.2, 0) is 12.7 Å². The van der Waals surface area contributed by atoms with Gasteiger partial charge >= 0.3 is 12.1 Å². The molecule has 7 nitrogen and oxygen atoms in total. The smallest absolute Gasteiger partial charge is 0.383 e. The zero-order chi connectivity index (χ0) is 19.1. The summed E-state index contributed by atoms with van der Waals surface area (Å²) in [7, 11) is 1.47. The average Bonchev–Trinajstić information content (AvgIpc) is 3.09. The summed E-state index contributed by atoms with van der Waals surface area (Å²) in [5.41, 5.74) is -1.09. The lowest BCUT2D eigenvalue weighted by Gasteiger charge is -2.13. The highest BCUT2D eigenvalue weighted by molar-refractivity contribution is 5.73. The van der Waals surface area contributed by atoms with Gasteiger partial charge in [-0.2, -0.15) is 18.2 Å². The van der Waals surface area contributed by atoms with Crippen LogP contribution in [0.5, 0.6) is 0 Å². The van der Waals surface area contributed by atoms with E-state index in [0.29, 0.717) is 0 Å². The van der Waals surface area contributed by atoms with E-state index in [9.17, 15) is 27.2 Å². The molecular weight excluding hydrogens is 360 g/mol. The number of nitrogens with zero attached hydrogens (tertiary/aromatic N) is 2. The Morgan fingerprint density at radius 3 is 2.42 bits per heavy atom. The molecule has 136 valence electrons. The molecule has 2 N–H and O–H groups in total. The zero-order valence-corrected chi connectivity index (χ0v) is 13.1. The Balaban J connectivity index is 1.78. The normalized spacial score (nSPS) is 11.7. The minimum absolute atomic E-state index is 0.00414. The Morgan fingerprint density at radius 2 is 1.85 bits per heavy atom. The summed E-state index contributed by atoms with van der Waals surface area (Å²) in [6.45, 7) is -0.105. The van der Waals surface area contributed by atoms with Gasteiger partial charge in [-0.1, -0.05) is 17.3 Å². The predicted molar refractivity (Wildman–Crippen MR) is 82.9 cm³/mol. The first-order valence-electron chi connectivity index (χ1n) is 7.17. The van der Waals surface area contributed by atoms with Gasteiger partial charge in [0.1, 0.15) is 17.2 Å². The second kappa shape index (κ2) is 6.24. The molecule has 0 unspecified atom stereocenters. The van der Waals surface area contributed by atoms with Crippen LogP contribution >= 0.6 is 0 Å². The first-order valence-corrected chi connectivity index (χ1v) is 7.17. The Bertz CT molecular complexity index is 1030. The third-order valence-electron chi connectivity index (χ3n) is 3.60. The lowest BCUT2D eigenvalue weighted by atomic mass is 10.1. The van der Waals surface area contributed by atoms with Crippen molar-refractivity contribution < 1.29 is 22.1 Å². The maximum atomic E-state index is 14.2. The highest BCUT2D eigenvalue weighted by Crippen LogP contribution is 2.29. The van der Waals surface area contributed by atoms with Crippen LogP contribution in [-0.4, -0.2) is 17.2 Å². The summed E-state index contributed by atoms with van der Waals surface area (Å²) in [6, 6.07) is 3.56. The van der Waals surface area contributed by atoms with E-state index in [1.807, 2.05) is 0 Å². The standard InChI is InChI=1S/C15H10F4N4O3/c1-20-9-10(12(25)11(9)24)21-5-7-3-2-6(4-8(7)16)13-22-14(26-23-13)15(17,18)19/h2-4,20-21H,5H2,1H3. The number of rotatable bonds is 5. The molecule has 0 amide bonds. The van der Waals surface area contributed by atoms with Crippen molar-refractivity contribution in [1.29, 1.82) is 0 Å². The second-order valence-corrected chi connectivity index (χ2v) is 5.24. The second-order valence-electron chi connectivity index (χ2n) is 5.24. The van der Waals surface area contributed by atoms with Gasteiger partial charge in [-0.3, -0.25) is 9.59 Å². The van der Waals surface area contributed by atoms with Gasteiger partial charge in [0.25, 0.3) is 10.9 Å². The fraction of sp³-hybridized carbons (Fsp3) is 0.200. The number of nitrogens with one attached hydrogen (secondary N) is 2. The summed E-state index contributed by atoms with van der Waals surface area (Å²) in [5.74, 6) is -2.69. The molecule has 0 saturated carbocycles. The van der Waals surface area contributed by atoms with Crippen LogP contribution in [0.1, 0.15) is 11.5 Å². The molecule has 1 aromatic heterocycles. The molecule has 0 radical (unpaired) electrons. The van der Waals surface area contributed by atoms with Crippen molar-refractivity contribution in [3.05, 3.63) is 55.9 Å². The van der Waals surface area contributed by atoms with Crippen LogP contribution in [0, 0.1) is 5.82 Å². The molecule has 0 spiro atoms. The average molecular weight is 370 g/mol. The van der Waals surface area contributed by atoms with E-state index in [0.717, 1.165) is 6.07 Å². The predicted octanol–water partition coefficient (Wildman–Crippen LogP) is 2.14. The first-order chi connectivity index (χ1) is 12.2. The quantitative estimate of drug-likeness (QED) is 0.525. The van der Waals surface area contributed by atoms with Crippen LogP contribution < -0.4 is 21.5 Å². The topological polar surface area (TPSA) is 97.1 Å². The van der Waals surface area contributed by atoms with Crippen molar-refractivity contribution in [2.75, 3.05) is 17.7 Å². The van der Waals surface area contributed by atoms with Crippen molar-refractivity contribution in [1.82, 2.24) is 10.1 Å². The first kappa shape index (κ1) is 17.6. The molecule has 11 heteroatoms. The molecule has 1 heterocycles. The summed E-state index contributed by atoms with van der Waals surface area (Å²) in [4.78, 5) is 25.9. The summed E-state index contributed by atoms with van der Waals surface area (Å²) >= 11 is 0. The van der Waals surface area contributed by atoms with Crippen LogP contribution in [0.25, 0.3) is 11.4 Å². The fourth-order valence-electron chi connectivity index (χ4n) is 2.27. The number of anilines is 2. The molecule has 0 saturated heterocycles. The van der Waals surface area contributed by atoms with Crippen molar-refractivity contribution in [2.45, 2.75) is 12.7 Å². The Hall–Kier alpha value is -3.24. The van der Waals surface area contributed by atoms with Crippen molar-refractivity contribution in [3.8, 4) is 11.4 Å². The van der Waals surface area contributed by atoms with E-state index in [-0.39, 0.29) is 29.0 Å². The van der Waals surface area contributed by atoms with Gasteiger partial charge in [0.2, 0.25) is 5.82 Å². The van der Waals surface area contributed by atoms with E-state index >= 15 is 0 Å². The Kier molecular flexibility index (Phi) is 4.22. The Morgan fingerprint density at radius 1 is 1.15 bits per heavy atom. The maximum absolute atomic E-state index is 14.2. The van der Waals surface area contributed by atoms with Crippen LogP contribution in [0.3, 0.4) is 0 Å². The summed E-state index contributed by atoms with van der Waals surface area (Å²) < 4.78 is 55.6. The summed E-state index contributed by atoms with van der Waals surface area (Å²) in [6.07, 6.45) is -4.79. The maximum Gasteiger partial charge on any atom is 0.471 e. The van der Waals surface area contributed by atoms with Gasteiger partial charge in [0, 0.05) is 24.7 Å². The van der Waals surface area contributed by atoms with E-state index in [2.05, 4.69) is 25.3 Å². The number of hydrogen-bond acceptors (Lipinski definition) is 7. The molecule has 0 aliphatic carbocycles. The molecule has 0 atom stereocenters. The zero-order valence-electron chi connectivity index (χ0n) is 13.1. The SMILES string of the molecule is CNc1c(NCc2ccc(-c3noc(C(F)(F)F)n3)cc2F)c(=O)c1=O. The van der Waals surface area contributed by atoms with Crippen LogP contribution in [0.4, 0.5) is 28.9 Å². The van der Waals surface area contributed by atoms with Crippen LogP contribution in [0.15, 0.2) is 32.3 Å². The molecule has 3 aromatic rings. The van der Waals surface area contributed by atoms with E-state index in [4.69, 9.17) is 0 Å². The number of halogens is 4. The van der Waals surface area contributed by atoms with E-state index in [1.165, 1.54) is 19.2 Å². The third kappa shape index (κ3) is 3.03. The van der Waals surface area contributed by atoms with Gasteiger partial charge in [-0.05, 0) is 6.07 Å². The fourth-order valence-corrected chi connectivity index (χ4v) is 2.27. The molecule has 0 aliphatic rings. The molecule has 26 heavy (non-hydrogen) atoms. The highest BCUT2D eigenvalue weighted by atomic mass is 19.4. The molecule has 3 rings (SSSR count). The van der Waals surface area contributed by atoms with E-state index < -0.39 is 34.6 Å². The van der Waals surface area contributed by atoms with Crippen molar-refractivity contribution >= 4 is 11.4 Å². The number of benzene rings is 1. The number of hydrogen-bond donors (Lipinski definition) is 2. The molecule has 0 aliphatic heterocycles. The summed E-state index contributed by atoms with van der Waals surface area (Å²) in [5, 5.41) is 8.38. The monoisotopic (exact) mass is 370 g/mol. The Labute approximate surface area is 142 Å².